The van der Waals surface area contributed by atoms with Gasteiger partial charge in [-0.25, -0.2) is 0 Å². The van der Waals surface area contributed by atoms with Gasteiger partial charge < -0.3 is 5.11 Å². The normalized spacial score (nSPS) is 25.3. The van der Waals surface area contributed by atoms with E-state index in [4.69, 9.17) is 0 Å². The van der Waals surface area contributed by atoms with Gasteiger partial charge in [-0.05, 0) is 37.8 Å². The molecule has 2 nitrogen and oxygen atoms in total. The molecule has 2 atom stereocenters. The summed E-state index contributed by atoms with van der Waals surface area (Å²) < 4.78 is 0. The number of likely N-dealkylation sites (tertiary alicyclic amines) is 1. The Hall–Kier alpha value is -0.380. The molecule has 3 heteroatoms. The number of piperidine rings is 1. The number of thiophene rings is 1. The molecule has 1 aromatic rings. The molecule has 0 saturated carbocycles. The molecule has 0 bridgehead atoms. The quantitative estimate of drug-likeness (QED) is 0.855. The summed E-state index contributed by atoms with van der Waals surface area (Å²) in [6.07, 6.45) is 3.68. The first-order valence-electron chi connectivity index (χ1n) is 5.73. The van der Waals surface area contributed by atoms with Crippen LogP contribution < -0.4 is 0 Å². The van der Waals surface area contributed by atoms with Crippen LogP contribution in [0.15, 0.2) is 17.5 Å². The smallest absolute Gasteiger partial charge is 0.0587 e. The molecule has 0 amide bonds. The molecule has 1 fully saturated rings. The Bertz CT molecular complexity index is 286. The van der Waals surface area contributed by atoms with Crippen molar-refractivity contribution in [3.8, 4) is 0 Å². The predicted octanol–water partition coefficient (Wildman–Crippen LogP) is 2.66. The molecule has 1 N–H and O–H groups in total. The minimum Gasteiger partial charge on any atom is -0.395 e. The van der Waals surface area contributed by atoms with Crippen molar-refractivity contribution in [2.75, 3.05) is 13.2 Å². The van der Waals surface area contributed by atoms with Gasteiger partial charge in [-0.1, -0.05) is 12.5 Å². The van der Waals surface area contributed by atoms with E-state index in [0.717, 1.165) is 13.0 Å². The fourth-order valence-corrected chi connectivity index (χ4v) is 3.22. The summed E-state index contributed by atoms with van der Waals surface area (Å²) >= 11 is 1.81. The van der Waals surface area contributed by atoms with Crippen molar-refractivity contribution in [3.05, 3.63) is 22.4 Å². The lowest BCUT2D eigenvalue weighted by Gasteiger charge is -2.38. The third-order valence-corrected chi connectivity index (χ3v) is 4.38. The molecule has 1 saturated heterocycles. The Morgan fingerprint density at radius 2 is 2.47 bits per heavy atom. The Labute approximate surface area is 95.5 Å². The largest absolute Gasteiger partial charge is 0.395 e. The predicted molar refractivity (Wildman–Crippen MR) is 64.2 cm³/mol. The van der Waals surface area contributed by atoms with E-state index in [-0.39, 0.29) is 0 Å². The second-order valence-electron chi connectivity index (χ2n) is 4.26. The summed E-state index contributed by atoms with van der Waals surface area (Å²) in [6, 6.07) is 5.13. The van der Waals surface area contributed by atoms with Gasteiger partial charge in [0, 0.05) is 17.0 Å². The molecule has 2 rings (SSSR count). The first kappa shape index (κ1) is 11.1. The lowest BCUT2D eigenvalue weighted by Crippen LogP contribution is -2.42. The third kappa shape index (κ3) is 2.41. The van der Waals surface area contributed by atoms with Gasteiger partial charge >= 0.3 is 0 Å². The van der Waals surface area contributed by atoms with E-state index < -0.39 is 0 Å². The third-order valence-electron chi connectivity index (χ3n) is 3.34. The van der Waals surface area contributed by atoms with E-state index >= 15 is 0 Å². The Kier molecular flexibility index (Phi) is 3.78. The van der Waals surface area contributed by atoms with E-state index in [0.29, 0.717) is 18.7 Å². The van der Waals surface area contributed by atoms with Gasteiger partial charge in [0.05, 0.1) is 6.61 Å². The van der Waals surface area contributed by atoms with Crippen molar-refractivity contribution in [3.63, 3.8) is 0 Å². The molecule has 15 heavy (non-hydrogen) atoms. The van der Waals surface area contributed by atoms with Crippen LogP contribution in [0.1, 0.15) is 37.1 Å². The minimum atomic E-state index is 0.301. The number of hydrogen-bond donors (Lipinski definition) is 1. The lowest BCUT2D eigenvalue weighted by atomic mass is 10.0. The van der Waals surface area contributed by atoms with Gasteiger partial charge in [0.25, 0.3) is 0 Å². The second-order valence-corrected chi connectivity index (χ2v) is 5.24. The van der Waals surface area contributed by atoms with E-state index in [1.807, 2.05) is 11.3 Å². The molecule has 84 valence electrons. The van der Waals surface area contributed by atoms with Crippen LogP contribution in [-0.2, 0) is 0 Å². The van der Waals surface area contributed by atoms with Crippen molar-refractivity contribution in [2.24, 2.45) is 0 Å². The molecular weight excluding hydrogens is 206 g/mol. The van der Waals surface area contributed by atoms with Crippen molar-refractivity contribution in [1.29, 1.82) is 0 Å². The maximum absolute atomic E-state index is 9.37. The summed E-state index contributed by atoms with van der Waals surface area (Å²) in [4.78, 5) is 3.87. The number of hydrogen-bond acceptors (Lipinski definition) is 3. The van der Waals surface area contributed by atoms with Crippen LogP contribution in [0, 0.1) is 0 Å². The lowest BCUT2D eigenvalue weighted by molar-refractivity contribution is 0.0600. The van der Waals surface area contributed by atoms with Gasteiger partial charge in [0.15, 0.2) is 0 Å². The summed E-state index contributed by atoms with van der Waals surface area (Å²) in [6.45, 7) is 3.68. The fourth-order valence-electron chi connectivity index (χ4n) is 2.42. The summed E-state index contributed by atoms with van der Waals surface area (Å²) in [5, 5.41) is 11.5. The number of aliphatic hydroxyl groups is 1. The molecule has 0 aromatic carbocycles. The highest BCUT2D eigenvalue weighted by Crippen LogP contribution is 2.30. The zero-order valence-electron chi connectivity index (χ0n) is 9.22. The zero-order valence-corrected chi connectivity index (χ0v) is 10.0. The molecule has 1 aliphatic heterocycles. The number of aliphatic hydroxyl groups excluding tert-OH is 1. The highest BCUT2D eigenvalue weighted by atomic mass is 32.1. The van der Waals surface area contributed by atoms with Crippen LogP contribution in [0.5, 0.6) is 0 Å². The first-order valence-corrected chi connectivity index (χ1v) is 6.61. The molecule has 1 aliphatic rings. The van der Waals surface area contributed by atoms with Crippen LogP contribution in [0.2, 0.25) is 0 Å². The van der Waals surface area contributed by atoms with Crippen molar-refractivity contribution in [1.82, 2.24) is 4.90 Å². The Balaban J connectivity index is 2.07. The second kappa shape index (κ2) is 5.10. The van der Waals surface area contributed by atoms with Gasteiger partial charge in [-0.2, -0.15) is 0 Å². The van der Waals surface area contributed by atoms with Crippen LogP contribution in [0.25, 0.3) is 0 Å². The van der Waals surface area contributed by atoms with Crippen LogP contribution in [0.4, 0.5) is 0 Å². The van der Waals surface area contributed by atoms with Crippen LogP contribution in [0.3, 0.4) is 0 Å². The van der Waals surface area contributed by atoms with Gasteiger partial charge in [-0.15, -0.1) is 11.3 Å². The SMILES string of the molecule is C[C@@H](c1cccs1)N1CCCC[C@H]1CO. The highest BCUT2D eigenvalue weighted by Gasteiger charge is 2.26. The fraction of sp³-hybridized carbons (Fsp3) is 0.667. The average Bonchev–Trinajstić information content (AvgIpc) is 2.81. The molecule has 0 radical (unpaired) electrons. The van der Waals surface area contributed by atoms with Crippen molar-refractivity contribution < 1.29 is 5.11 Å². The van der Waals surface area contributed by atoms with E-state index in [9.17, 15) is 5.11 Å². The maximum atomic E-state index is 9.37. The zero-order chi connectivity index (χ0) is 10.7. The van der Waals surface area contributed by atoms with Gasteiger partial charge in [-0.3, -0.25) is 4.90 Å². The summed E-state index contributed by atoms with van der Waals surface area (Å²) in [5.74, 6) is 0. The highest BCUT2D eigenvalue weighted by molar-refractivity contribution is 7.10. The molecular formula is C12H19NOS. The van der Waals surface area contributed by atoms with Crippen molar-refractivity contribution >= 4 is 11.3 Å². The Morgan fingerprint density at radius 3 is 3.13 bits per heavy atom. The Morgan fingerprint density at radius 1 is 1.60 bits per heavy atom. The summed E-state index contributed by atoms with van der Waals surface area (Å²) in [7, 11) is 0. The molecule has 0 aliphatic carbocycles. The topological polar surface area (TPSA) is 23.5 Å². The first-order chi connectivity index (χ1) is 7.33. The van der Waals surface area contributed by atoms with Crippen LogP contribution in [-0.4, -0.2) is 29.2 Å². The average molecular weight is 225 g/mol. The molecule has 1 aromatic heterocycles. The van der Waals surface area contributed by atoms with Gasteiger partial charge in [0.2, 0.25) is 0 Å². The van der Waals surface area contributed by atoms with E-state index in [1.165, 1.54) is 17.7 Å². The summed E-state index contributed by atoms with van der Waals surface area (Å²) in [5.41, 5.74) is 0. The molecule has 0 unspecified atom stereocenters. The van der Waals surface area contributed by atoms with Gasteiger partial charge in [0.1, 0.15) is 0 Å². The molecule has 0 spiro atoms. The van der Waals surface area contributed by atoms with E-state index in [1.54, 1.807) is 0 Å². The number of rotatable bonds is 3. The van der Waals surface area contributed by atoms with Crippen molar-refractivity contribution in [2.45, 2.75) is 38.3 Å². The van der Waals surface area contributed by atoms with Crippen LogP contribution >= 0.6 is 11.3 Å². The van der Waals surface area contributed by atoms with E-state index in [2.05, 4.69) is 29.3 Å². The monoisotopic (exact) mass is 225 g/mol. The molecule has 2 heterocycles. The standard InChI is InChI=1S/C12H19NOS/c1-10(12-6-4-8-15-12)13-7-3-2-5-11(13)9-14/h4,6,8,10-11,14H,2-3,5,7,9H2,1H3/t10-,11-/m0/s1. The minimum absolute atomic E-state index is 0.301. The maximum Gasteiger partial charge on any atom is 0.0587 e. The number of nitrogens with zero attached hydrogens (tertiary/aromatic N) is 1.